The SMILES string of the molecule is COc1cc(/C=C/C(=O)c2ccc(I)cc2)ccc1OC(F)F. The molecule has 0 bridgehead atoms. The van der Waals surface area contributed by atoms with Crippen LogP contribution < -0.4 is 9.47 Å². The standard InChI is InChI=1S/C17H13F2IO3/c1-22-16-10-11(3-9-15(16)23-17(18)19)2-8-14(21)12-4-6-13(20)7-5-12/h2-10,17H,1H3/b8-2+. The number of ketones is 1. The van der Waals surface area contributed by atoms with E-state index in [-0.39, 0.29) is 17.3 Å². The van der Waals surface area contributed by atoms with E-state index in [1.165, 1.54) is 25.3 Å². The highest BCUT2D eigenvalue weighted by atomic mass is 127. The van der Waals surface area contributed by atoms with Crippen LogP contribution in [0.2, 0.25) is 0 Å². The monoisotopic (exact) mass is 430 g/mol. The molecular formula is C17H13F2IO3. The quantitative estimate of drug-likeness (QED) is 0.376. The fourth-order valence-corrected chi connectivity index (χ4v) is 2.22. The van der Waals surface area contributed by atoms with Crippen LogP contribution in [0.25, 0.3) is 6.08 Å². The van der Waals surface area contributed by atoms with Crippen LogP contribution in [0.15, 0.2) is 48.5 Å². The third-order valence-corrected chi connectivity index (χ3v) is 3.68. The molecule has 23 heavy (non-hydrogen) atoms. The van der Waals surface area contributed by atoms with Crippen LogP contribution >= 0.6 is 22.6 Å². The van der Waals surface area contributed by atoms with Crippen molar-refractivity contribution in [2.45, 2.75) is 6.61 Å². The van der Waals surface area contributed by atoms with E-state index in [0.717, 1.165) is 3.57 Å². The number of hydrogen-bond acceptors (Lipinski definition) is 3. The predicted molar refractivity (Wildman–Crippen MR) is 92.1 cm³/mol. The maximum atomic E-state index is 12.3. The van der Waals surface area contributed by atoms with Crippen LogP contribution in [0.4, 0.5) is 8.78 Å². The molecule has 0 atom stereocenters. The number of alkyl halides is 2. The van der Waals surface area contributed by atoms with Crippen molar-refractivity contribution >= 4 is 34.5 Å². The first-order chi connectivity index (χ1) is 11.0. The van der Waals surface area contributed by atoms with E-state index >= 15 is 0 Å². The molecule has 3 nitrogen and oxygen atoms in total. The van der Waals surface area contributed by atoms with Crippen molar-refractivity contribution < 1.29 is 23.0 Å². The van der Waals surface area contributed by atoms with E-state index in [2.05, 4.69) is 27.3 Å². The third kappa shape index (κ3) is 5.02. The fraction of sp³-hybridized carbons (Fsp3) is 0.118. The Hall–Kier alpha value is -1.96. The van der Waals surface area contributed by atoms with Gasteiger partial charge in [-0.25, -0.2) is 0 Å². The lowest BCUT2D eigenvalue weighted by molar-refractivity contribution is -0.0512. The first-order valence-electron chi connectivity index (χ1n) is 6.60. The van der Waals surface area contributed by atoms with E-state index in [1.54, 1.807) is 24.3 Å². The minimum Gasteiger partial charge on any atom is -0.493 e. The molecule has 0 unspecified atom stereocenters. The lowest BCUT2D eigenvalue weighted by atomic mass is 10.1. The van der Waals surface area contributed by atoms with Gasteiger partial charge in [-0.15, -0.1) is 0 Å². The average molecular weight is 430 g/mol. The van der Waals surface area contributed by atoms with Gasteiger partial charge in [0.1, 0.15) is 0 Å². The number of halogens is 3. The van der Waals surface area contributed by atoms with Gasteiger partial charge < -0.3 is 9.47 Å². The molecule has 2 aromatic carbocycles. The minimum atomic E-state index is -2.92. The van der Waals surface area contributed by atoms with Gasteiger partial charge in [0.15, 0.2) is 17.3 Å². The Morgan fingerprint density at radius 3 is 2.43 bits per heavy atom. The molecule has 0 N–H and O–H groups in total. The Morgan fingerprint density at radius 2 is 1.83 bits per heavy atom. The summed E-state index contributed by atoms with van der Waals surface area (Å²) in [5.41, 5.74) is 1.22. The summed E-state index contributed by atoms with van der Waals surface area (Å²) in [6.45, 7) is -2.92. The summed E-state index contributed by atoms with van der Waals surface area (Å²) >= 11 is 2.16. The summed E-state index contributed by atoms with van der Waals surface area (Å²) in [6, 6.07) is 11.7. The number of carbonyl (C=O) groups excluding carboxylic acids is 1. The number of allylic oxidation sites excluding steroid dienone is 1. The lowest BCUT2D eigenvalue weighted by Crippen LogP contribution is -2.03. The van der Waals surface area contributed by atoms with Gasteiger partial charge in [-0.1, -0.05) is 24.3 Å². The molecule has 0 aliphatic carbocycles. The highest BCUT2D eigenvalue weighted by molar-refractivity contribution is 14.1. The van der Waals surface area contributed by atoms with Gasteiger partial charge >= 0.3 is 6.61 Å². The second-order valence-corrected chi connectivity index (χ2v) is 5.74. The first-order valence-corrected chi connectivity index (χ1v) is 7.68. The molecule has 0 amide bonds. The molecule has 0 aromatic heterocycles. The number of ether oxygens (including phenoxy) is 2. The molecule has 2 rings (SSSR count). The predicted octanol–water partition coefficient (Wildman–Crippen LogP) is 4.80. The highest BCUT2D eigenvalue weighted by Crippen LogP contribution is 2.29. The third-order valence-electron chi connectivity index (χ3n) is 2.96. The molecule has 2 aromatic rings. The second kappa shape index (κ2) is 8.05. The fourth-order valence-electron chi connectivity index (χ4n) is 1.86. The molecule has 0 saturated carbocycles. The summed E-state index contributed by atoms with van der Waals surface area (Å²) in [7, 11) is 1.36. The Morgan fingerprint density at radius 1 is 1.13 bits per heavy atom. The Labute approximate surface area is 146 Å². The molecule has 0 fully saturated rings. The summed E-state index contributed by atoms with van der Waals surface area (Å²) in [4.78, 5) is 12.1. The zero-order valence-electron chi connectivity index (χ0n) is 12.1. The largest absolute Gasteiger partial charge is 0.493 e. The molecule has 120 valence electrons. The summed E-state index contributed by atoms with van der Waals surface area (Å²) < 4.78 is 34.9. The van der Waals surface area contributed by atoms with Gasteiger partial charge in [0.2, 0.25) is 0 Å². The Balaban J connectivity index is 2.15. The van der Waals surface area contributed by atoms with Gasteiger partial charge in [-0.3, -0.25) is 4.79 Å². The normalized spacial score (nSPS) is 11.0. The number of methoxy groups -OCH3 is 1. The smallest absolute Gasteiger partial charge is 0.387 e. The Bertz CT molecular complexity index is 712. The van der Waals surface area contributed by atoms with E-state index < -0.39 is 6.61 Å². The van der Waals surface area contributed by atoms with Gasteiger partial charge in [0, 0.05) is 9.13 Å². The van der Waals surface area contributed by atoms with E-state index in [1.807, 2.05) is 12.1 Å². The van der Waals surface area contributed by atoms with Crippen molar-refractivity contribution in [3.05, 3.63) is 63.2 Å². The molecule has 0 aliphatic rings. The van der Waals surface area contributed by atoms with Crippen LogP contribution in [0.3, 0.4) is 0 Å². The van der Waals surface area contributed by atoms with Gasteiger partial charge in [-0.2, -0.15) is 8.78 Å². The van der Waals surface area contributed by atoms with Crippen LogP contribution in [-0.4, -0.2) is 19.5 Å². The molecule has 0 heterocycles. The highest BCUT2D eigenvalue weighted by Gasteiger charge is 2.10. The van der Waals surface area contributed by atoms with Crippen molar-refractivity contribution in [2.24, 2.45) is 0 Å². The number of carbonyl (C=O) groups is 1. The van der Waals surface area contributed by atoms with Crippen LogP contribution in [-0.2, 0) is 0 Å². The van der Waals surface area contributed by atoms with E-state index in [4.69, 9.17) is 4.74 Å². The van der Waals surface area contributed by atoms with Crippen molar-refractivity contribution in [3.8, 4) is 11.5 Å². The Kier molecular flexibility index (Phi) is 6.09. The second-order valence-electron chi connectivity index (χ2n) is 4.49. The molecule has 0 aliphatic heterocycles. The van der Waals surface area contributed by atoms with Crippen molar-refractivity contribution in [1.29, 1.82) is 0 Å². The molecular weight excluding hydrogens is 417 g/mol. The molecule has 0 saturated heterocycles. The first kappa shape index (κ1) is 17.4. The van der Waals surface area contributed by atoms with Crippen LogP contribution in [0.5, 0.6) is 11.5 Å². The van der Waals surface area contributed by atoms with Gasteiger partial charge in [0.25, 0.3) is 0 Å². The topological polar surface area (TPSA) is 35.5 Å². The van der Waals surface area contributed by atoms with Crippen molar-refractivity contribution in [3.63, 3.8) is 0 Å². The summed E-state index contributed by atoms with van der Waals surface area (Å²) in [5, 5.41) is 0. The van der Waals surface area contributed by atoms with Gasteiger partial charge in [0.05, 0.1) is 7.11 Å². The minimum absolute atomic E-state index is 0.0522. The number of benzene rings is 2. The summed E-state index contributed by atoms with van der Waals surface area (Å²) in [5.74, 6) is -0.0222. The average Bonchev–Trinajstić information content (AvgIpc) is 2.53. The zero-order valence-corrected chi connectivity index (χ0v) is 14.3. The zero-order chi connectivity index (χ0) is 16.8. The lowest BCUT2D eigenvalue weighted by Gasteiger charge is -2.10. The van der Waals surface area contributed by atoms with Crippen LogP contribution in [0.1, 0.15) is 15.9 Å². The van der Waals surface area contributed by atoms with Crippen molar-refractivity contribution in [1.82, 2.24) is 0 Å². The maximum Gasteiger partial charge on any atom is 0.387 e. The van der Waals surface area contributed by atoms with Gasteiger partial charge in [-0.05, 0) is 58.5 Å². The van der Waals surface area contributed by atoms with Crippen LogP contribution in [0, 0.1) is 3.57 Å². The molecule has 0 radical (unpaired) electrons. The van der Waals surface area contributed by atoms with Crippen molar-refractivity contribution in [2.75, 3.05) is 7.11 Å². The van der Waals surface area contributed by atoms with E-state index in [0.29, 0.717) is 11.1 Å². The van der Waals surface area contributed by atoms with E-state index in [9.17, 15) is 13.6 Å². The molecule has 6 heteroatoms. The number of rotatable bonds is 6. The maximum absolute atomic E-state index is 12.3. The molecule has 0 spiro atoms. The number of hydrogen-bond donors (Lipinski definition) is 0. The summed E-state index contributed by atoms with van der Waals surface area (Å²) in [6.07, 6.45) is 3.01.